The molecule has 2 heterocycles. The van der Waals surface area contributed by atoms with E-state index >= 15 is 0 Å². The Balaban J connectivity index is 2.15. The second kappa shape index (κ2) is 4.24. The topological polar surface area (TPSA) is 85.4 Å². The molecule has 2 aliphatic rings. The molecule has 0 radical (unpaired) electrons. The first kappa shape index (κ1) is 11.5. The Morgan fingerprint density at radius 1 is 1.33 bits per heavy atom. The number of nitrogens with zero attached hydrogens (tertiary/aromatic N) is 1. The van der Waals surface area contributed by atoms with Crippen LogP contribution >= 0.6 is 0 Å². The van der Waals surface area contributed by atoms with Crippen molar-refractivity contribution in [2.75, 3.05) is 5.73 Å². The predicted molar refractivity (Wildman–Crippen MR) is 65.3 cm³/mol. The lowest BCUT2D eigenvalue weighted by molar-refractivity contribution is 0.0693. The number of hydrogen-bond donors (Lipinski definition) is 2. The largest absolute Gasteiger partial charge is 0.478 e. The molecule has 5 heteroatoms. The van der Waals surface area contributed by atoms with Crippen molar-refractivity contribution in [3.63, 3.8) is 0 Å². The van der Waals surface area contributed by atoms with E-state index in [2.05, 4.69) is 4.98 Å². The van der Waals surface area contributed by atoms with E-state index < -0.39 is 5.97 Å². The number of hydrogen-bond acceptors (Lipinski definition) is 4. The van der Waals surface area contributed by atoms with Gasteiger partial charge in [-0.25, -0.2) is 4.79 Å². The third-order valence-electron chi connectivity index (χ3n) is 3.89. The normalized spacial score (nSPS) is 19.1. The highest BCUT2D eigenvalue weighted by molar-refractivity contribution is 5.96. The molecule has 5 nitrogen and oxygen atoms in total. The van der Waals surface area contributed by atoms with Gasteiger partial charge in [-0.2, -0.15) is 0 Å². The first-order valence-electron chi connectivity index (χ1n) is 6.30. The maximum atomic E-state index is 11.4. The van der Waals surface area contributed by atoms with Crippen molar-refractivity contribution in [3.05, 3.63) is 22.5 Å². The number of aromatic nitrogens is 1. The zero-order chi connectivity index (χ0) is 12.7. The number of carbonyl (C=O) groups is 1. The first-order valence-corrected chi connectivity index (χ1v) is 6.30. The highest BCUT2D eigenvalue weighted by atomic mass is 16.5. The molecule has 1 aromatic heterocycles. The molecule has 0 unspecified atom stereocenters. The van der Waals surface area contributed by atoms with Crippen molar-refractivity contribution in [1.29, 1.82) is 0 Å². The smallest absolute Gasteiger partial charge is 0.338 e. The average Bonchev–Trinajstić information content (AvgIpc) is 2.97. The highest BCUT2D eigenvalue weighted by Crippen LogP contribution is 2.39. The zero-order valence-electron chi connectivity index (χ0n) is 10.1. The van der Waals surface area contributed by atoms with Crippen LogP contribution in [0.4, 0.5) is 5.69 Å². The van der Waals surface area contributed by atoms with E-state index in [4.69, 9.17) is 10.5 Å². The molecule has 0 saturated heterocycles. The molecule has 1 fully saturated rings. The van der Waals surface area contributed by atoms with E-state index in [0.29, 0.717) is 30.4 Å². The first-order chi connectivity index (χ1) is 8.68. The van der Waals surface area contributed by atoms with Crippen LogP contribution in [0.2, 0.25) is 0 Å². The minimum Gasteiger partial charge on any atom is -0.478 e. The molecule has 3 N–H and O–H groups in total. The van der Waals surface area contributed by atoms with Gasteiger partial charge in [-0.15, -0.1) is 0 Å². The maximum Gasteiger partial charge on any atom is 0.338 e. The lowest BCUT2D eigenvalue weighted by atomic mass is 9.96. The van der Waals surface area contributed by atoms with Gasteiger partial charge in [-0.3, -0.25) is 4.98 Å². The Hall–Kier alpha value is -1.62. The Kier molecular flexibility index (Phi) is 2.70. The van der Waals surface area contributed by atoms with Crippen LogP contribution in [0.5, 0.6) is 0 Å². The molecule has 0 spiro atoms. The number of anilines is 1. The lowest BCUT2D eigenvalue weighted by Gasteiger charge is -2.16. The average molecular weight is 248 g/mol. The number of carboxylic acid groups (broad SMARTS) is 1. The van der Waals surface area contributed by atoms with Crippen LogP contribution in [0, 0.1) is 0 Å². The fourth-order valence-electron chi connectivity index (χ4n) is 2.99. The summed E-state index contributed by atoms with van der Waals surface area (Å²) < 4.78 is 5.30. The van der Waals surface area contributed by atoms with Crippen LogP contribution in [0.15, 0.2) is 0 Å². The second-order valence-electron chi connectivity index (χ2n) is 4.99. The summed E-state index contributed by atoms with van der Waals surface area (Å²) in [4.78, 5) is 15.9. The van der Waals surface area contributed by atoms with Crippen LogP contribution in [0.3, 0.4) is 0 Å². The number of carboxylic acids is 1. The SMILES string of the molecule is Nc1c(C2CCCC2)nc2c(c1C(=O)O)COC2. The van der Waals surface area contributed by atoms with Gasteiger partial charge in [0.05, 0.1) is 35.9 Å². The number of rotatable bonds is 2. The van der Waals surface area contributed by atoms with Gasteiger partial charge in [0.25, 0.3) is 0 Å². The molecular formula is C13H16N2O3. The monoisotopic (exact) mass is 248 g/mol. The summed E-state index contributed by atoms with van der Waals surface area (Å²) in [6.45, 7) is 0.703. The minimum atomic E-state index is -0.976. The standard InChI is InChI=1S/C13H16N2O3/c14-11-10(13(16)17)8-5-18-6-9(8)15-12(11)7-3-1-2-4-7/h7H,1-6,14H2,(H,16,17). The molecule has 0 atom stereocenters. The molecule has 1 saturated carbocycles. The number of fused-ring (bicyclic) bond motifs is 1. The molecule has 0 bridgehead atoms. The summed E-state index contributed by atoms with van der Waals surface area (Å²) in [5, 5.41) is 9.33. The summed E-state index contributed by atoms with van der Waals surface area (Å²) in [5.74, 6) is -0.662. The van der Waals surface area contributed by atoms with Crippen molar-refractivity contribution in [3.8, 4) is 0 Å². The van der Waals surface area contributed by atoms with Crippen molar-refractivity contribution in [2.24, 2.45) is 0 Å². The van der Waals surface area contributed by atoms with Crippen LogP contribution in [-0.4, -0.2) is 16.1 Å². The number of pyridine rings is 1. The molecule has 18 heavy (non-hydrogen) atoms. The highest BCUT2D eigenvalue weighted by Gasteiger charge is 2.30. The Labute approximate surface area is 105 Å². The number of nitrogens with two attached hydrogens (primary N) is 1. The van der Waals surface area contributed by atoms with E-state index in [0.717, 1.165) is 24.2 Å². The molecule has 0 amide bonds. The molecular weight excluding hydrogens is 232 g/mol. The minimum absolute atomic E-state index is 0.208. The summed E-state index contributed by atoms with van der Waals surface area (Å²) in [6.07, 6.45) is 4.44. The third-order valence-corrected chi connectivity index (χ3v) is 3.89. The zero-order valence-corrected chi connectivity index (χ0v) is 10.1. The fraction of sp³-hybridized carbons (Fsp3) is 0.538. The predicted octanol–water partition coefficient (Wildman–Crippen LogP) is 2.05. The Morgan fingerprint density at radius 2 is 2.06 bits per heavy atom. The van der Waals surface area contributed by atoms with Crippen LogP contribution in [0.1, 0.15) is 58.9 Å². The van der Waals surface area contributed by atoms with Gasteiger partial charge in [-0.1, -0.05) is 12.8 Å². The summed E-state index contributed by atoms with van der Waals surface area (Å²) in [6, 6.07) is 0. The van der Waals surface area contributed by atoms with Crippen LogP contribution in [-0.2, 0) is 18.0 Å². The molecule has 3 rings (SSSR count). The van der Waals surface area contributed by atoms with E-state index in [1.807, 2.05) is 0 Å². The fourth-order valence-corrected chi connectivity index (χ4v) is 2.99. The molecule has 1 aliphatic carbocycles. The van der Waals surface area contributed by atoms with Crippen molar-refractivity contribution < 1.29 is 14.6 Å². The maximum absolute atomic E-state index is 11.4. The Bertz CT molecular complexity index is 507. The lowest BCUT2D eigenvalue weighted by Crippen LogP contribution is -2.14. The molecule has 0 aromatic carbocycles. The molecule has 1 aromatic rings. The summed E-state index contributed by atoms with van der Waals surface area (Å²) in [5.41, 5.74) is 8.77. The van der Waals surface area contributed by atoms with Gasteiger partial charge >= 0.3 is 5.97 Å². The molecule has 96 valence electrons. The summed E-state index contributed by atoms with van der Waals surface area (Å²) in [7, 11) is 0. The number of nitrogen functional groups attached to an aromatic ring is 1. The van der Waals surface area contributed by atoms with E-state index in [1.54, 1.807) is 0 Å². The van der Waals surface area contributed by atoms with Gasteiger partial charge in [0.2, 0.25) is 0 Å². The number of aromatic carboxylic acids is 1. The van der Waals surface area contributed by atoms with Gasteiger partial charge in [0, 0.05) is 11.5 Å². The van der Waals surface area contributed by atoms with E-state index in [1.165, 1.54) is 12.8 Å². The Morgan fingerprint density at radius 3 is 2.72 bits per heavy atom. The van der Waals surface area contributed by atoms with Gasteiger partial charge < -0.3 is 15.6 Å². The quantitative estimate of drug-likeness (QED) is 0.836. The second-order valence-corrected chi connectivity index (χ2v) is 4.99. The van der Waals surface area contributed by atoms with Crippen LogP contribution < -0.4 is 5.73 Å². The van der Waals surface area contributed by atoms with Crippen molar-refractivity contribution in [2.45, 2.75) is 44.8 Å². The van der Waals surface area contributed by atoms with E-state index in [9.17, 15) is 9.90 Å². The molecule has 1 aliphatic heterocycles. The summed E-state index contributed by atoms with van der Waals surface area (Å²) >= 11 is 0. The van der Waals surface area contributed by atoms with Gasteiger partial charge in [0.1, 0.15) is 0 Å². The van der Waals surface area contributed by atoms with Crippen molar-refractivity contribution in [1.82, 2.24) is 4.98 Å². The third kappa shape index (κ3) is 1.66. The number of ether oxygens (including phenoxy) is 1. The van der Waals surface area contributed by atoms with Gasteiger partial charge in [0.15, 0.2) is 0 Å². The van der Waals surface area contributed by atoms with Crippen LogP contribution in [0.25, 0.3) is 0 Å². The van der Waals surface area contributed by atoms with Gasteiger partial charge in [-0.05, 0) is 12.8 Å². The van der Waals surface area contributed by atoms with Crippen molar-refractivity contribution >= 4 is 11.7 Å². The van der Waals surface area contributed by atoms with E-state index in [-0.39, 0.29) is 5.56 Å².